The highest BCUT2D eigenvalue weighted by atomic mass is 32.1. The van der Waals surface area contributed by atoms with Crippen molar-refractivity contribution in [2.24, 2.45) is 0 Å². The van der Waals surface area contributed by atoms with Crippen LogP contribution in [0, 0.1) is 13.8 Å². The Morgan fingerprint density at radius 3 is 2.71 bits per heavy atom. The lowest BCUT2D eigenvalue weighted by atomic mass is 9.99. The van der Waals surface area contributed by atoms with Crippen molar-refractivity contribution in [3.8, 4) is 0 Å². The summed E-state index contributed by atoms with van der Waals surface area (Å²) in [7, 11) is 0. The molecule has 2 aromatic heterocycles. The number of carbonyl (C=O) groups excluding carboxylic acids is 1. The van der Waals surface area contributed by atoms with E-state index in [4.69, 9.17) is 4.52 Å². The molecule has 2 saturated heterocycles. The van der Waals surface area contributed by atoms with E-state index in [1.54, 1.807) is 11.3 Å². The molecular weight excluding hydrogens is 370 g/mol. The third-order valence-electron chi connectivity index (χ3n) is 6.27. The first-order valence-corrected chi connectivity index (χ1v) is 11.5. The van der Waals surface area contributed by atoms with E-state index in [2.05, 4.69) is 21.0 Å². The lowest BCUT2D eigenvalue weighted by Gasteiger charge is -2.36. The van der Waals surface area contributed by atoms with Gasteiger partial charge in [0.1, 0.15) is 5.76 Å². The molecule has 0 saturated carbocycles. The van der Waals surface area contributed by atoms with Crippen molar-refractivity contribution in [2.75, 3.05) is 26.2 Å². The number of thiophene rings is 1. The molecule has 6 heteroatoms. The lowest BCUT2D eigenvalue weighted by molar-refractivity contribution is 0.0593. The maximum Gasteiger partial charge on any atom is 0.264 e. The summed E-state index contributed by atoms with van der Waals surface area (Å²) in [6, 6.07) is 4.49. The van der Waals surface area contributed by atoms with Crippen LogP contribution in [0.25, 0.3) is 0 Å². The van der Waals surface area contributed by atoms with E-state index in [1.165, 1.54) is 37.2 Å². The molecule has 2 aliphatic heterocycles. The number of nitrogens with zero attached hydrogens (tertiary/aromatic N) is 3. The fourth-order valence-electron chi connectivity index (χ4n) is 4.56. The monoisotopic (exact) mass is 401 g/mol. The maximum atomic E-state index is 13.2. The van der Waals surface area contributed by atoms with Gasteiger partial charge in [0.25, 0.3) is 5.91 Å². The average Bonchev–Trinajstić information content (AvgIpc) is 3.45. The number of piperidine rings is 1. The van der Waals surface area contributed by atoms with Crippen LogP contribution >= 0.6 is 11.3 Å². The van der Waals surface area contributed by atoms with Gasteiger partial charge in [-0.1, -0.05) is 5.16 Å². The Morgan fingerprint density at radius 1 is 1.18 bits per heavy atom. The van der Waals surface area contributed by atoms with Crippen LogP contribution in [0.5, 0.6) is 0 Å². The Kier molecular flexibility index (Phi) is 6.16. The van der Waals surface area contributed by atoms with Gasteiger partial charge in [0, 0.05) is 36.0 Å². The highest BCUT2D eigenvalue weighted by Gasteiger charge is 2.29. The number of hydrogen-bond donors (Lipinski definition) is 0. The molecule has 0 bridgehead atoms. The second kappa shape index (κ2) is 8.78. The van der Waals surface area contributed by atoms with Crippen molar-refractivity contribution in [3.05, 3.63) is 38.9 Å². The molecule has 4 heterocycles. The number of rotatable bonds is 6. The predicted molar refractivity (Wildman–Crippen MR) is 112 cm³/mol. The zero-order valence-corrected chi connectivity index (χ0v) is 17.9. The van der Waals surface area contributed by atoms with Crippen LogP contribution in [0.2, 0.25) is 0 Å². The number of hydrogen-bond acceptors (Lipinski definition) is 5. The highest BCUT2D eigenvalue weighted by Crippen LogP contribution is 2.28. The number of carbonyl (C=O) groups is 1. The first-order chi connectivity index (χ1) is 13.6. The van der Waals surface area contributed by atoms with Crippen LogP contribution in [-0.4, -0.2) is 53.1 Å². The standard InChI is InChI=1S/C22H31N3O2S/c1-16-20(17(2)27-23-16)15-19-8-9-21(28-19)22(26)25-13-4-3-7-18(25)10-14-24-11-5-6-12-24/h8-9,18H,3-7,10-15H2,1-2H3/t18-/m1/s1. The van der Waals surface area contributed by atoms with E-state index in [9.17, 15) is 4.79 Å². The normalized spacial score (nSPS) is 20.8. The molecule has 0 unspecified atom stereocenters. The summed E-state index contributed by atoms with van der Waals surface area (Å²) < 4.78 is 5.28. The second-order valence-electron chi connectivity index (χ2n) is 8.23. The van der Waals surface area contributed by atoms with Crippen molar-refractivity contribution in [3.63, 3.8) is 0 Å². The first-order valence-electron chi connectivity index (χ1n) is 10.7. The predicted octanol–water partition coefficient (Wildman–Crippen LogP) is 4.42. The fourth-order valence-corrected chi connectivity index (χ4v) is 5.54. The minimum Gasteiger partial charge on any atom is -0.361 e. The van der Waals surface area contributed by atoms with Crippen LogP contribution in [-0.2, 0) is 6.42 Å². The van der Waals surface area contributed by atoms with Crippen molar-refractivity contribution in [2.45, 2.75) is 64.8 Å². The molecule has 0 spiro atoms. The van der Waals surface area contributed by atoms with E-state index < -0.39 is 0 Å². The van der Waals surface area contributed by atoms with Crippen LogP contribution in [0.4, 0.5) is 0 Å². The second-order valence-corrected chi connectivity index (χ2v) is 9.40. The van der Waals surface area contributed by atoms with Crippen LogP contribution < -0.4 is 0 Å². The molecule has 0 aliphatic carbocycles. The summed E-state index contributed by atoms with van der Waals surface area (Å²) in [6.07, 6.45) is 8.09. The molecule has 0 radical (unpaired) electrons. The van der Waals surface area contributed by atoms with Gasteiger partial charge >= 0.3 is 0 Å². The largest absolute Gasteiger partial charge is 0.361 e. The summed E-state index contributed by atoms with van der Waals surface area (Å²) in [6.45, 7) is 8.43. The Hall–Kier alpha value is -1.66. The summed E-state index contributed by atoms with van der Waals surface area (Å²) in [5.74, 6) is 1.10. The molecule has 2 aromatic rings. The van der Waals surface area contributed by atoms with Crippen LogP contribution in [0.15, 0.2) is 16.7 Å². The number of amides is 1. The quantitative estimate of drug-likeness (QED) is 0.719. The average molecular weight is 402 g/mol. The third kappa shape index (κ3) is 4.33. The molecule has 4 rings (SSSR count). The highest BCUT2D eigenvalue weighted by molar-refractivity contribution is 7.14. The van der Waals surface area contributed by atoms with Crippen molar-refractivity contribution < 1.29 is 9.32 Å². The number of aromatic nitrogens is 1. The van der Waals surface area contributed by atoms with Gasteiger partial charge in [-0.3, -0.25) is 4.79 Å². The van der Waals surface area contributed by atoms with E-state index >= 15 is 0 Å². The van der Waals surface area contributed by atoms with Gasteiger partial charge in [0.15, 0.2) is 0 Å². The zero-order chi connectivity index (χ0) is 19.5. The zero-order valence-electron chi connectivity index (χ0n) is 17.1. The summed E-state index contributed by atoms with van der Waals surface area (Å²) in [5, 5.41) is 4.04. The molecule has 1 atom stereocenters. The van der Waals surface area contributed by atoms with Crippen molar-refractivity contribution >= 4 is 17.2 Å². The molecule has 28 heavy (non-hydrogen) atoms. The van der Waals surface area contributed by atoms with E-state index in [0.717, 1.165) is 60.7 Å². The lowest BCUT2D eigenvalue weighted by Crippen LogP contribution is -2.44. The third-order valence-corrected chi connectivity index (χ3v) is 7.34. The van der Waals surface area contributed by atoms with E-state index in [-0.39, 0.29) is 5.91 Å². The maximum absolute atomic E-state index is 13.2. The molecule has 152 valence electrons. The SMILES string of the molecule is Cc1noc(C)c1Cc1ccc(C(=O)N2CCCC[C@@H]2CCN2CCCC2)s1. The molecule has 0 aromatic carbocycles. The molecule has 0 N–H and O–H groups in total. The molecule has 1 amide bonds. The molecule has 2 fully saturated rings. The van der Waals surface area contributed by atoms with Crippen molar-refractivity contribution in [1.82, 2.24) is 15.0 Å². The number of aryl methyl sites for hydroxylation is 2. The van der Waals surface area contributed by atoms with E-state index in [1.807, 2.05) is 19.9 Å². The van der Waals surface area contributed by atoms with Crippen LogP contribution in [0.3, 0.4) is 0 Å². The Balaban J connectivity index is 1.41. The van der Waals surface area contributed by atoms with Gasteiger partial charge < -0.3 is 14.3 Å². The van der Waals surface area contributed by atoms with E-state index in [0.29, 0.717) is 6.04 Å². The van der Waals surface area contributed by atoms with Gasteiger partial charge in [-0.2, -0.15) is 0 Å². The molecule has 2 aliphatic rings. The van der Waals surface area contributed by atoms with Gasteiger partial charge in [-0.25, -0.2) is 0 Å². The molecular formula is C22H31N3O2S. The molecule has 5 nitrogen and oxygen atoms in total. The van der Waals surface area contributed by atoms with Crippen LogP contribution in [0.1, 0.15) is 70.1 Å². The first kappa shape index (κ1) is 19.6. The smallest absolute Gasteiger partial charge is 0.264 e. The summed E-state index contributed by atoms with van der Waals surface area (Å²) in [4.78, 5) is 20.0. The topological polar surface area (TPSA) is 49.6 Å². The van der Waals surface area contributed by atoms with Gasteiger partial charge in [0.05, 0.1) is 10.6 Å². The Bertz CT molecular complexity index is 787. The van der Waals surface area contributed by atoms with Gasteiger partial charge in [0.2, 0.25) is 0 Å². The Labute approximate surface area is 171 Å². The van der Waals surface area contributed by atoms with Gasteiger partial charge in [-0.05, 0) is 77.6 Å². The minimum absolute atomic E-state index is 0.223. The summed E-state index contributed by atoms with van der Waals surface area (Å²) in [5.41, 5.74) is 2.08. The van der Waals surface area contributed by atoms with Gasteiger partial charge in [-0.15, -0.1) is 11.3 Å². The van der Waals surface area contributed by atoms with Crippen molar-refractivity contribution in [1.29, 1.82) is 0 Å². The minimum atomic E-state index is 0.223. The number of likely N-dealkylation sites (tertiary alicyclic amines) is 2. The Morgan fingerprint density at radius 2 is 1.96 bits per heavy atom. The fraction of sp³-hybridized carbons (Fsp3) is 0.636. The summed E-state index contributed by atoms with van der Waals surface area (Å²) >= 11 is 1.62.